The number of hydrogen-bond donors (Lipinski definition) is 2. The smallest absolute Gasteiger partial charge is 0.407 e. The summed E-state index contributed by atoms with van der Waals surface area (Å²) in [4.78, 5) is 12.5. The lowest BCUT2D eigenvalue weighted by atomic mass is 10.0. The zero-order valence-electron chi connectivity index (χ0n) is 18.5. The molecule has 3 N–H and O–H groups in total. The summed E-state index contributed by atoms with van der Waals surface area (Å²) >= 11 is 0. The highest BCUT2D eigenvalue weighted by molar-refractivity contribution is 7.89. The molecule has 6 nitrogen and oxygen atoms in total. The number of hydrogen-bond acceptors (Lipinski definition) is 4. The number of benzene rings is 3. The predicted molar refractivity (Wildman–Crippen MR) is 129 cm³/mol. The van der Waals surface area contributed by atoms with Crippen LogP contribution in [-0.4, -0.2) is 27.2 Å². The van der Waals surface area contributed by atoms with E-state index in [4.69, 9.17) is 9.88 Å². The molecule has 0 aliphatic rings. The van der Waals surface area contributed by atoms with Crippen molar-refractivity contribution >= 4 is 16.1 Å². The number of amides is 1. The van der Waals surface area contributed by atoms with Crippen LogP contribution < -0.4 is 10.5 Å². The summed E-state index contributed by atoms with van der Waals surface area (Å²) in [5, 5.41) is 8.00. The largest absolute Gasteiger partial charge is 0.446 e. The van der Waals surface area contributed by atoms with Crippen LogP contribution in [-0.2, 0) is 34.0 Å². The van der Waals surface area contributed by atoms with Crippen molar-refractivity contribution in [3.8, 4) is 0 Å². The van der Waals surface area contributed by atoms with E-state index in [1.54, 1.807) is 12.1 Å². The Hall–Kier alpha value is -3.16. The molecule has 0 saturated heterocycles. The molecular weight excluding hydrogens is 436 g/mol. The minimum atomic E-state index is -3.71. The monoisotopic (exact) mass is 466 g/mol. The fraction of sp³-hybridized carbons (Fsp3) is 0.269. The molecule has 1 amide bonds. The van der Waals surface area contributed by atoms with Crippen LogP contribution in [0.5, 0.6) is 0 Å². The van der Waals surface area contributed by atoms with Gasteiger partial charge in [-0.05, 0) is 60.9 Å². The van der Waals surface area contributed by atoms with Crippen molar-refractivity contribution in [2.75, 3.05) is 6.54 Å². The van der Waals surface area contributed by atoms with E-state index in [0.29, 0.717) is 25.8 Å². The second-order valence-corrected chi connectivity index (χ2v) is 9.50. The molecule has 0 bridgehead atoms. The average Bonchev–Trinajstić information content (AvgIpc) is 2.82. The molecule has 3 rings (SSSR count). The van der Waals surface area contributed by atoms with Crippen molar-refractivity contribution in [2.45, 2.75) is 43.1 Å². The van der Waals surface area contributed by atoms with Gasteiger partial charge in [-0.25, -0.2) is 18.4 Å². The van der Waals surface area contributed by atoms with Gasteiger partial charge in [0.25, 0.3) is 0 Å². The summed E-state index contributed by atoms with van der Waals surface area (Å²) in [6, 6.07) is 26.5. The fourth-order valence-electron chi connectivity index (χ4n) is 3.55. The van der Waals surface area contributed by atoms with E-state index in [9.17, 15) is 13.2 Å². The van der Waals surface area contributed by atoms with Gasteiger partial charge in [-0.15, -0.1) is 0 Å². The van der Waals surface area contributed by atoms with Crippen molar-refractivity contribution in [1.82, 2.24) is 5.32 Å². The Morgan fingerprint density at radius 3 is 1.76 bits per heavy atom. The molecule has 0 saturated carbocycles. The molecule has 3 aromatic carbocycles. The molecule has 7 heteroatoms. The molecule has 33 heavy (non-hydrogen) atoms. The molecular formula is C26H30N2O4S. The lowest BCUT2D eigenvalue weighted by Crippen LogP contribution is -2.31. The molecule has 0 aliphatic carbocycles. The minimum absolute atomic E-state index is 0.0842. The number of nitrogens with one attached hydrogen (secondary N) is 1. The third-order valence-corrected chi connectivity index (χ3v) is 6.33. The first-order valence-electron chi connectivity index (χ1n) is 11.0. The Balaban J connectivity index is 1.54. The molecule has 0 radical (unpaired) electrons. The molecule has 174 valence electrons. The number of carbonyl (C=O) groups is 1. The lowest BCUT2D eigenvalue weighted by molar-refractivity contribution is 0.0879. The Labute approximate surface area is 195 Å². The first kappa shape index (κ1) is 24.5. The number of ether oxygens (including phenoxy) is 1. The van der Waals surface area contributed by atoms with Crippen molar-refractivity contribution in [3.63, 3.8) is 0 Å². The van der Waals surface area contributed by atoms with E-state index >= 15 is 0 Å². The fourth-order valence-corrected chi connectivity index (χ4v) is 4.07. The van der Waals surface area contributed by atoms with Crippen LogP contribution in [0.25, 0.3) is 0 Å². The van der Waals surface area contributed by atoms with Gasteiger partial charge in [-0.1, -0.05) is 72.8 Å². The summed E-state index contributed by atoms with van der Waals surface area (Å²) in [7, 11) is -3.71. The van der Waals surface area contributed by atoms with E-state index < -0.39 is 16.1 Å². The SMILES string of the molecule is NS(=O)(=O)c1ccc(CCC(CCc2ccccc2)OC(=O)NCCc2ccccc2)cc1. The van der Waals surface area contributed by atoms with Gasteiger partial charge >= 0.3 is 6.09 Å². The van der Waals surface area contributed by atoms with E-state index in [1.807, 2.05) is 48.5 Å². The van der Waals surface area contributed by atoms with Gasteiger partial charge in [-0.2, -0.15) is 0 Å². The number of primary sulfonamides is 1. The zero-order chi connectivity index (χ0) is 23.5. The molecule has 1 atom stereocenters. The van der Waals surface area contributed by atoms with Crippen LogP contribution in [0.4, 0.5) is 4.79 Å². The lowest BCUT2D eigenvalue weighted by Gasteiger charge is -2.19. The maximum absolute atomic E-state index is 12.4. The third kappa shape index (κ3) is 8.71. The third-order valence-electron chi connectivity index (χ3n) is 5.40. The number of rotatable bonds is 11. The Morgan fingerprint density at radius 1 is 0.758 bits per heavy atom. The number of sulfonamides is 1. The predicted octanol–water partition coefficient (Wildman–Crippen LogP) is 4.24. The van der Waals surface area contributed by atoms with Crippen molar-refractivity contribution in [2.24, 2.45) is 5.14 Å². The molecule has 0 aromatic heterocycles. The number of aryl methyl sites for hydroxylation is 2. The van der Waals surface area contributed by atoms with Crippen molar-refractivity contribution < 1.29 is 17.9 Å². The van der Waals surface area contributed by atoms with Gasteiger partial charge in [0.15, 0.2) is 0 Å². The molecule has 0 heterocycles. The van der Waals surface area contributed by atoms with Crippen LogP contribution in [0.3, 0.4) is 0 Å². The first-order chi connectivity index (χ1) is 15.9. The second kappa shape index (κ2) is 12.2. The first-order valence-corrected chi connectivity index (χ1v) is 12.6. The van der Waals surface area contributed by atoms with E-state index in [-0.39, 0.29) is 11.0 Å². The van der Waals surface area contributed by atoms with Crippen LogP contribution in [0.15, 0.2) is 89.8 Å². The molecule has 0 aliphatic heterocycles. The van der Waals surface area contributed by atoms with Crippen LogP contribution in [0.1, 0.15) is 29.5 Å². The zero-order valence-corrected chi connectivity index (χ0v) is 19.3. The summed E-state index contributed by atoms with van der Waals surface area (Å²) in [5.74, 6) is 0. The highest BCUT2D eigenvalue weighted by atomic mass is 32.2. The quantitative estimate of drug-likeness (QED) is 0.442. The number of alkyl carbamates (subject to hydrolysis) is 1. The maximum Gasteiger partial charge on any atom is 0.407 e. The van der Waals surface area contributed by atoms with Crippen molar-refractivity contribution in [3.05, 3.63) is 102 Å². The summed E-state index contributed by atoms with van der Waals surface area (Å²) < 4.78 is 28.6. The molecule has 0 spiro atoms. The minimum Gasteiger partial charge on any atom is -0.446 e. The molecule has 3 aromatic rings. The van der Waals surface area contributed by atoms with E-state index in [2.05, 4.69) is 17.4 Å². The Bertz CT molecular complexity index is 1100. The van der Waals surface area contributed by atoms with Crippen LogP contribution in [0, 0.1) is 0 Å². The van der Waals surface area contributed by atoms with Gasteiger partial charge in [0, 0.05) is 6.54 Å². The van der Waals surface area contributed by atoms with Gasteiger partial charge in [0.05, 0.1) is 4.90 Å². The van der Waals surface area contributed by atoms with Gasteiger partial charge in [0.1, 0.15) is 6.10 Å². The number of carbonyl (C=O) groups excluding carboxylic acids is 1. The topological polar surface area (TPSA) is 98.5 Å². The van der Waals surface area contributed by atoms with Crippen LogP contribution in [0.2, 0.25) is 0 Å². The van der Waals surface area contributed by atoms with E-state index in [1.165, 1.54) is 17.7 Å². The van der Waals surface area contributed by atoms with Gasteiger partial charge < -0.3 is 10.1 Å². The normalized spacial score (nSPS) is 12.2. The summed E-state index contributed by atoms with van der Waals surface area (Å²) in [6.07, 6.45) is 2.84. The highest BCUT2D eigenvalue weighted by Crippen LogP contribution is 2.16. The molecule has 1 unspecified atom stereocenters. The maximum atomic E-state index is 12.4. The van der Waals surface area contributed by atoms with Gasteiger partial charge in [-0.3, -0.25) is 0 Å². The van der Waals surface area contributed by atoms with E-state index in [0.717, 1.165) is 24.0 Å². The molecule has 0 fully saturated rings. The standard InChI is InChI=1S/C26H30N2O4S/c27-33(30,31)25-17-13-23(14-18-25)12-16-24(15-11-21-7-3-1-4-8-21)32-26(29)28-20-19-22-9-5-2-6-10-22/h1-10,13-14,17-18,24H,11-12,15-16,19-20H2,(H,28,29)(H2,27,30,31). The highest BCUT2D eigenvalue weighted by Gasteiger charge is 2.15. The number of nitrogens with two attached hydrogens (primary N) is 1. The summed E-state index contributed by atoms with van der Waals surface area (Å²) in [5.41, 5.74) is 3.30. The Kier molecular flexibility index (Phi) is 9.04. The van der Waals surface area contributed by atoms with Crippen molar-refractivity contribution in [1.29, 1.82) is 0 Å². The average molecular weight is 467 g/mol. The summed E-state index contributed by atoms with van der Waals surface area (Å²) in [6.45, 7) is 0.503. The second-order valence-electron chi connectivity index (χ2n) is 7.94. The van der Waals surface area contributed by atoms with Gasteiger partial charge in [0.2, 0.25) is 10.0 Å². The Morgan fingerprint density at radius 2 is 1.24 bits per heavy atom. The van der Waals surface area contributed by atoms with Crippen LogP contribution >= 0.6 is 0 Å².